The summed E-state index contributed by atoms with van der Waals surface area (Å²) in [5.74, 6) is 0.621. The van der Waals surface area contributed by atoms with Crippen LogP contribution in [0.2, 0.25) is 0 Å². The normalized spacial score (nSPS) is 20.1. The lowest BCUT2D eigenvalue weighted by Crippen LogP contribution is -2.53. The predicted octanol–water partition coefficient (Wildman–Crippen LogP) is 4.98. The molecule has 0 radical (unpaired) electrons. The number of fused-ring (bicyclic) bond motifs is 2. The molecule has 194 valence electrons. The van der Waals surface area contributed by atoms with E-state index in [9.17, 15) is 13.2 Å². The molecule has 0 spiro atoms. The van der Waals surface area contributed by atoms with Crippen LogP contribution in [0.3, 0.4) is 0 Å². The zero-order valence-electron chi connectivity index (χ0n) is 21.1. The zero-order valence-corrected chi connectivity index (χ0v) is 21.9. The van der Waals surface area contributed by atoms with Gasteiger partial charge in [0.1, 0.15) is 17.1 Å². The third kappa shape index (κ3) is 5.03. The molecule has 2 atom stereocenters. The lowest BCUT2D eigenvalue weighted by atomic mass is 9.83. The van der Waals surface area contributed by atoms with Gasteiger partial charge in [0.25, 0.3) is 5.91 Å². The minimum Gasteiger partial charge on any atom is -0.487 e. The van der Waals surface area contributed by atoms with Crippen LogP contribution < -0.4 is 19.1 Å². The summed E-state index contributed by atoms with van der Waals surface area (Å²) in [5.41, 5.74) is 1.66. The maximum Gasteiger partial charge on any atom is 0.263 e. The van der Waals surface area contributed by atoms with E-state index in [1.807, 2.05) is 42.5 Å². The number of nitrogens with one attached hydrogen (secondary N) is 1. The molecule has 7 nitrogen and oxygen atoms in total. The first-order chi connectivity index (χ1) is 17.8. The van der Waals surface area contributed by atoms with Crippen molar-refractivity contribution in [3.63, 3.8) is 0 Å². The molecule has 37 heavy (non-hydrogen) atoms. The Hall–Kier alpha value is -3.52. The molecule has 5 rings (SSSR count). The lowest BCUT2D eigenvalue weighted by molar-refractivity contribution is -0.129. The highest BCUT2D eigenvalue weighted by Gasteiger charge is 2.41. The van der Waals surface area contributed by atoms with Crippen molar-refractivity contribution < 1.29 is 22.7 Å². The topological polar surface area (TPSA) is 84.9 Å². The molecule has 0 aromatic heterocycles. The van der Waals surface area contributed by atoms with Gasteiger partial charge in [0.2, 0.25) is 10.0 Å². The van der Waals surface area contributed by atoms with Gasteiger partial charge < -0.3 is 14.8 Å². The van der Waals surface area contributed by atoms with Crippen LogP contribution in [-0.2, 0) is 20.6 Å². The molecule has 3 aromatic carbocycles. The molecule has 0 saturated carbocycles. The first-order valence-electron chi connectivity index (χ1n) is 12.7. The second kappa shape index (κ2) is 10.1. The van der Waals surface area contributed by atoms with Crippen LogP contribution in [0.5, 0.6) is 11.5 Å². The Kier molecular flexibility index (Phi) is 6.86. The van der Waals surface area contributed by atoms with Gasteiger partial charge in [0.15, 0.2) is 6.10 Å². The quantitative estimate of drug-likeness (QED) is 0.475. The summed E-state index contributed by atoms with van der Waals surface area (Å²) in [6, 6.07) is 23.5. The Morgan fingerprint density at radius 1 is 0.946 bits per heavy atom. The van der Waals surface area contributed by atoms with Gasteiger partial charge in [-0.3, -0.25) is 9.10 Å². The fourth-order valence-corrected chi connectivity index (χ4v) is 6.74. The smallest absolute Gasteiger partial charge is 0.263 e. The number of sulfonamides is 1. The van der Waals surface area contributed by atoms with E-state index in [-0.39, 0.29) is 29.8 Å². The largest absolute Gasteiger partial charge is 0.487 e. The molecule has 3 aromatic rings. The summed E-state index contributed by atoms with van der Waals surface area (Å²) in [7, 11) is -3.77. The number of ether oxygens (including phenoxy) is 2. The van der Waals surface area contributed by atoms with Crippen molar-refractivity contribution >= 4 is 21.6 Å². The average Bonchev–Trinajstić information content (AvgIpc) is 2.92. The maximum absolute atomic E-state index is 13.6. The van der Waals surface area contributed by atoms with E-state index < -0.39 is 16.1 Å². The average molecular weight is 521 g/mol. The maximum atomic E-state index is 13.6. The second-order valence-electron chi connectivity index (χ2n) is 9.64. The second-order valence-corrected chi connectivity index (χ2v) is 11.5. The number of hydrogen-bond donors (Lipinski definition) is 1. The van der Waals surface area contributed by atoms with Crippen molar-refractivity contribution in [2.45, 2.75) is 56.6 Å². The number of para-hydroxylation sites is 3. The van der Waals surface area contributed by atoms with E-state index >= 15 is 0 Å². The summed E-state index contributed by atoms with van der Waals surface area (Å²) in [6.45, 7) is 4.08. The summed E-state index contributed by atoms with van der Waals surface area (Å²) in [5, 5.41) is 3.16. The van der Waals surface area contributed by atoms with Gasteiger partial charge in [-0.25, -0.2) is 8.42 Å². The van der Waals surface area contributed by atoms with Gasteiger partial charge in [0, 0.05) is 12.0 Å². The Morgan fingerprint density at radius 3 is 2.32 bits per heavy atom. The number of carbonyl (C=O) groups is 1. The number of hydrogen-bond acceptors (Lipinski definition) is 5. The molecular weight excluding hydrogens is 488 g/mol. The highest BCUT2D eigenvalue weighted by molar-refractivity contribution is 7.92. The lowest BCUT2D eigenvalue weighted by Gasteiger charge is -2.42. The number of rotatable bonds is 7. The number of carbonyl (C=O) groups excluding carboxylic acids is 1. The first kappa shape index (κ1) is 25.1. The van der Waals surface area contributed by atoms with Crippen LogP contribution in [0, 0.1) is 0 Å². The number of benzene rings is 3. The Bertz CT molecular complexity index is 1370. The van der Waals surface area contributed by atoms with Crippen molar-refractivity contribution in [1.29, 1.82) is 0 Å². The van der Waals surface area contributed by atoms with Crippen molar-refractivity contribution in [3.8, 4) is 11.5 Å². The van der Waals surface area contributed by atoms with E-state index in [0.717, 1.165) is 24.2 Å². The van der Waals surface area contributed by atoms with Crippen molar-refractivity contribution in [2.24, 2.45) is 0 Å². The van der Waals surface area contributed by atoms with Crippen molar-refractivity contribution in [2.75, 3.05) is 10.8 Å². The van der Waals surface area contributed by atoms with Gasteiger partial charge in [-0.2, -0.15) is 0 Å². The van der Waals surface area contributed by atoms with Gasteiger partial charge in [-0.15, -0.1) is 0 Å². The Morgan fingerprint density at radius 2 is 1.59 bits per heavy atom. The molecule has 2 aliphatic rings. The molecule has 0 unspecified atom stereocenters. The zero-order chi connectivity index (χ0) is 26.0. The number of nitrogens with zero attached hydrogens (tertiary/aromatic N) is 1. The molecule has 2 aliphatic heterocycles. The first-order valence-corrected chi connectivity index (χ1v) is 14.3. The predicted molar refractivity (Wildman–Crippen MR) is 143 cm³/mol. The number of amides is 1. The molecule has 0 saturated heterocycles. The minimum atomic E-state index is -3.77. The summed E-state index contributed by atoms with van der Waals surface area (Å²) in [6.07, 6.45) is 1.25. The number of anilines is 1. The third-order valence-electron chi connectivity index (χ3n) is 7.36. The van der Waals surface area contributed by atoms with Crippen LogP contribution in [-0.4, -0.2) is 32.6 Å². The van der Waals surface area contributed by atoms with Crippen LogP contribution in [0.25, 0.3) is 0 Å². The summed E-state index contributed by atoms with van der Waals surface area (Å²) in [4.78, 5) is 13.6. The highest BCUT2D eigenvalue weighted by Crippen LogP contribution is 2.43. The van der Waals surface area contributed by atoms with Crippen LogP contribution in [0.1, 0.15) is 50.3 Å². The van der Waals surface area contributed by atoms with Gasteiger partial charge in [-0.1, -0.05) is 74.5 Å². The molecule has 8 heteroatoms. The molecule has 1 N–H and O–H groups in total. The monoisotopic (exact) mass is 520 g/mol. The van der Waals surface area contributed by atoms with E-state index in [2.05, 4.69) is 19.2 Å². The van der Waals surface area contributed by atoms with Crippen LogP contribution >= 0.6 is 0 Å². The molecule has 2 heterocycles. The minimum absolute atomic E-state index is 0.102. The SMILES string of the molecule is CCC1(CC)C[C@H](NC(=O)[C@H]2CN(S(=O)(=O)Cc3ccccc3)c3ccccc3O2)c2ccccc2O1. The Labute approximate surface area is 218 Å². The van der Waals surface area contributed by atoms with E-state index in [4.69, 9.17) is 9.47 Å². The molecule has 0 aliphatic carbocycles. The third-order valence-corrected chi connectivity index (χ3v) is 9.07. The van der Waals surface area contributed by atoms with E-state index in [1.165, 1.54) is 4.31 Å². The standard InChI is InChI=1S/C29H32N2O5S/c1-3-29(4-2)18-23(22-14-8-10-16-25(22)36-29)30-28(32)27-19-31(24-15-9-11-17-26(24)35-27)37(33,34)20-21-12-6-5-7-13-21/h5-17,23,27H,3-4,18-20H2,1-2H3,(H,30,32)/t23-,27+/m0/s1. The fourth-order valence-electron chi connectivity index (χ4n) is 5.16. The molecular formula is C29H32N2O5S. The van der Waals surface area contributed by atoms with Crippen molar-refractivity contribution in [1.82, 2.24) is 5.32 Å². The fraction of sp³-hybridized carbons (Fsp3) is 0.345. The van der Waals surface area contributed by atoms with E-state index in [1.54, 1.807) is 36.4 Å². The molecule has 1 amide bonds. The Balaban J connectivity index is 1.41. The molecule has 0 bridgehead atoms. The van der Waals surface area contributed by atoms with Gasteiger partial charge in [0.05, 0.1) is 24.0 Å². The molecule has 0 fully saturated rings. The summed E-state index contributed by atoms with van der Waals surface area (Å²) < 4.78 is 40.8. The summed E-state index contributed by atoms with van der Waals surface area (Å²) >= 11 is 0. The highest BCUT2D eigenvalue weighted by atomic mass is 32.2. The van der Waals surface area contributed by atoms with Crippen molar-refractivity contribution in [3.05, 3.63) is 90.0 Å². The van der Waals surface area contributed by atoms with E-state index in [0.29, 0.717) is 23.4 Å². The van der Waals surface area contributed by atoms with Gasteiger partial charge >= 0.3 is 0 Å². The van der Waals surface area contributed by atoms with Crippen LogP contribution in [0.4, 0.5) is 5.69 Å². The van der Waals surface area contributed by atoms with Gasteiger partial charge in [-0.05, 0) is 36.6 Å². The van der Waals surface area contributed by atoms with Crippen LogP contribution in [0.15, 0.2) is 78.9 Å².